The number of halogens is 2. The van der Waals surface area contributed by atoms with Gasteiger partial charge in [0.25, 0.3) is 5.91 Å². The third-order valence-corrected chi connectivity index (χ3v) is 5.03. The van der Waals surface area contributed by atoms with Gasteiger partial charge in [-0.15, -0.1) is 5.10 Å². The SMILES string of the molecule is O=C(Nc1ccc(NC(=S)NCCOc2ccc(Cl)c(Cl)c2)cc1)c1csnn1. The van der Waals surface area contributed by atoms with Gasteiger partial charge in [-0.25, -0.2) is 0 Å². The standard InChI is InChI=1S/C18H15Cl2N5O2S2/c19-14-6-5-13(9-15(14)20)27-8-7-21-18(28)23-12-3-1-11(2-4-12)22-17(26)16-10-29-25-24-16/h1-6,9-10H,7-8H2,(H,22,26)(H2,21,23,28). The molecule has 29 heavy (non-hydrogen) atoms. The monoisotopic (exact) mass is 467 g/mol. The Labute approximate surface area is 186 Å². The number of ether oxygens (including phenoxy) is 1. The number of aromatic nitrogens is 2. The third-order valence-electron chi connectivity index (χ3n) is 3.54. The fourth-order valence-corrected chi connectivity index (χ4v) is 3.12. The predicted octanol–water partition coefficient (Wildman–Crippen LogP) is 4.46. The summed E-state index contributed by atoms with van der Waals surface area (Å²) in [6, 6.07) is 12.2. The number of hydrogen-bond donors (Lipinski definition) is 3. The van der Waals surface area contributed by atoms with Crippen LogP contribution >= 0.6 is 47.0 Å². The van der Waals surface area contributed by atoms with Gasteiger partial charge in [0, 0.05) is 22.8 Å². The normalized spacial score (nSPS) is 10.3. The zero-order valence-corrected chi connectivity index (χ0v) is 18.0. The molecule has 1 heterocycles. The van der Waals surface area contributed by atoms with E-state index in [1.165, 1.54) is 0 Å². The lowest BCUT2D eigenvalue weighted by molar-refractivity contribution is 0.102. The van der Waals surface area contributed by atoms with E-state index in [9.17, 15) is 4.79 Å². The molecule has 0 atom stereocenters. The first-order chi connectivity index (χ1) is 14.0. The van der Waals surface area contributed by atoms with E-state index in [0.717, 1.165) is 17.2 Å². The molecule has 0 aliphatic heterocycles. The van der Waals surface area contributed by atoms with Gasteiger partial charge in [-0.1, -0.05) is 27.7 Å². The Bertz CT molecular complexity index is 984. The maximum absolute atomic E-state index is 11.9. The number of nitrogens with zero attached hydrogens (tertiary/aromatic N) is 2. The minimum Gasteiger partial charge on any atom is -0.492 e. The zero-order valence-electron chi connectivity index (χ0n) is 14.8. The number of carbonyl (C=O) groups is 1. The van der Waals surface area contributed by atoms with Gasteiger partial charge in [-0.05, 0) is 60.1 Å². The summed E-state index contributed by atoms with van der Waals surface area (Å²) < 4.78 is 9.25. The molecule has 0 bridgehead atoms. The number of carbonyl (C=O) groups excluding carboxylic acids is 1. The van der Waals surface area contributed by atoms with Crippen molar-refractivity contribution in [2.75, 3.05) is 23.8 Å². The number of anilines is 2. The second-order valence-electron chi connectivity index (χ2n) is 5.63. The number of benzene rings is 2. The van der Waals surface area contributed by atoms with E-state index in [4.69, 9.17) is 40.2 Å². The maximum atomic E-state index is 11.9. The van der Waals surface area contributed by atoms with Gasteiger partial charge in [0.2, 0.25) is 0 Å². The molecule has 0 unspecified atom stereocenters. The van der Waals surface area contributed by atoms with Gasteiger partial charge in [0.1, 0.15) is 12.4 Å². The number of amides is 1. The molecule has 0 aliphatic carbocycles. The van der Waals surface area contributed by atoms with Crippen molar-refractivity contribution in [1.82, 2.24) is 14.9 Å². The van der Waals surface area contributed by atoms with E-state index < -0.39 is 0 Å². The number of nitrogens with one attached hydrogen (secondary N) is 3. The van der Waals surface area contributed by atoms with E-state index in [2.05, 4.69) is 25.5 Å². The summed E-state index contributed by atoms with van der Waals surface area (Å²) in [5.41, 5.74) is 1.70. The number of thiocarbonyl (C=S) groups is 1. The maximum Gasteiger partial charge on any atom is 0.277 e. The van der Waals surface area contributed by atoms with Crippen LogP contribution in [0.3, 0.4) is 0 Å². The average Bonchev–Trinajstić information content (AvgIpc) is 3.24. The molecule has 3 N–H and O–H groups in total. The molecule has 150 valence electrons. The summed E-state index contributed by atoms with van der Waals surface area (Å²) in [4.78, 5) is 11.9. The largest absolute Gasteiger partial charge is 0.492 e. The van der Waals surface area contributed by atoms with E-state index >= 15 is 0 Å². The van der Waals surface area contributed by atoms with Crippen LogP contribution in [0, 0.1) is 0 Å². The lowest BCUT2D eigenvalue weighted by atomic mass is 10.2. The molecule has 3 rings (SSSR count). The highest BCUT2D eigenvalue weighted by Gasteiger charge is 2.09. The van der Waals surface area contributed by atoms with Gasteiger partial charge in [-0.3, -0.25) is 4.79 Å². The van der Waals surface area contributed by atoms with Gasteiger partial charge in [0.05, 0.1) is 16.6 Å². The molecule has 7 nitrogen and oxygen atoms in total. The first kappa shape index (κ1) is 21.3. The third kappa shape index (κ3) is 6.53. The number of rotatable bonds is 7. The fraction of sp³-hybridized carbons (Fsp3) is 0.111. The summed E-state index contributed by atoms with van der Waals surface area (Å²) in [6.07, 6.45) is 0. The Morgan fingerprint density at radius 1 is 1.07 bits per heavy atom. The Hall–Kier alpha value is -2.46. The molecule has 0 aliphatic rings. The van der Waals surface area contributed by atoms with Gasteiger partial charge < -0.3 is 20.7 Å². The predicted molar refractivity (Wildman–Crippen MR) is 120 cm³/mol. The summed E-state index contributed by atoms with van der Waals surface area (Å²) >= 11 is 18.2. The molecule has 0 saturated carbocycles. The van der Waals surface area contributed by atoms with Crippen molar-refractivity contribution in [1.29, 1.82) is 0 Å². The van der Waals surface area contributed by atoms with Crippen molar-refractivity contribution in [2.24, 2.45) is 0 Å². The molecule has 0 spiro atoms. The van der Waals surface area contributed by atoms with Crippen molar-refractivity contribution in [3.63, 3.8) is 0 Å². The molecular weight excluding hydrogens is 453 g/mol. The summed E-state index contributed by atoms with van der Waals surface area (Å²) in [6.45, 7) is 0.901. The highest BCUT2D eigenvalue weighted by atomic mass is 35.5. The van der Waals surface area contributed by atoms with Crippen LogP contribution < -0.4 is 20.7 Å². The fourth-order valence-electron chi connectivity index (χ4n) is 2.17. The van der Waals surface area contributed by atoms with Crippen molar-refractivity contribution in [3.05, 3.63) is 63.6 Å². The van der Waals surface area contributed by atoms with E-state index in [1.54, 1.807) is 47.8 Å². The lowest BCUT2D eigenvalue weighted by Gasteiger charge is -2.12. The lowest BCUT2D eigenvalue weighted by Crippen LogP contribution is -2.31. The first-order valence-corrected chi connectivity index (χ1v) is 10.3. The Morgan fingerprint density at radius 2 is 1.79 bits per heavy atom. The molecule has 2 aromatic carbocycles. The second kappa shape index (κ2) is 10.4. The molecular formula is C18H15Cl2N5O2S2. The van der Waals surface area contributed by atoms with Crippen LogP contribution in [0.25, 0.3) is 0 Å². The molecule has 3 aromatic rings. The second-order valence-corrected chi connectivity index (χ2v) is 7.46. The molecule has 1 aromatic heterocycles. The van der Waals surface area contributed by atoms with Crippen LogP contribution in [-0.2, 0) is 0 Å². The topological polar surface area (TPSA) is 88.2 Å². The number of hydrogen-bond acceptors (Lipinski definition) is 6. The Kier molecular flexibility index (Phi) is 7.59. The minimum absolute atomic E-state index is 0.283. The quantitative estimate of drug-likeness (QED) is 0.349. The highest BCUT2D eigenvalue weighted by Crippen LogP contribution is 2.26. The van der Waals surface area contributed by atoms with E-state index in [-0.39, 0.29) is 11.6 Å². The van der Waals surface area contributed by atoms with Gasteiger partial charge in [-0.2, -0.15) is 0 Å². The smallest absolute Gasteiger partial charge is 0.277 e. The zero-order chi connectivity index (χ0) is 20.6. The van der Waals surface area contributed by atoms with Crippen LogP contribution in [0.15, 0.2) is 47.8 Å². The molecule has 0 fully saturated rings. The van der Waals surface area contributed by atoms with Crippen LogP contribution in [0.5, 0.6) is 5.75 Å². The molecule has 1 amide bonds. The average molecular weight is 468 g/mol. The van der Waals surface area contributed by atoms with Crippen molar-refractivity contribution in [2.45, 2.75) is 0 Å². The van der Waals surface area contributed by atoms with Crippen molar-refractivity contribution < 1.29 is 9.53 Å². The Balaban J connectivity index is 1.39. The summed E-state index contributed by atoms with van der Waals surface area (Å²) in [5.74, 6) is 0.324. The van der Waals surface area contributed by atoms with Gasteiger partial charge >= 0.3 is 0 Å². The summed E-state index contributed by atoms with van der Waals surface area (Å²) in [5, 5.41) is 15.5. The van der Waals surface area contributed by atoms with Crippen LogP contribution in [0.2, 0.25) is 10.0 Å². The van der Waals surface area contributed by atoms with Crippen LogP contribution in [-0.4, -0.2) is 33.8 Å². The van der Waals surface area contributed by atoms with Gasteiger partial charge in [0.15, 0.2) is 10.8 Å². The van der Waals surface area contributed by atoms with E-state index in [0.29, 0.717) is 39.7 Å². The van der Waals surface area contributed by atoms with Crippen molar-refractivity contribution >= 4 is 69.3 Å². The Morgan fingerprint density at radius 3 is 2.45 bits per heavy atom. The van der Waals surface area contributed by atoms with Crippen LogP contribution in [0.4, 0.5) is 11.4 Å². The van der Waals surface area contributed by atoms with E-state index in [1.807, 2.05) is 0 Å². The highest BCUT2D eigenvalue weighted by molar-refractivity contribution is 7.80. The first-order valence-electron chi connectivity index (χ1n) is 8.32. The molecule has 0 saturated heterocycles. The molecule has 11 heteroatoms. The molecule has 0 radical (unpaired) electrons. The van der Waals surface area contributed by atoms with Crippen molar-refractivity contribution in [3.8, 4) is 5.75 Å². The minimum atomic E-state index is -0.307. The van der Waals surface area contributed by atoms with Crippen LogP contribution in [0.1, 0.15) is 10.5 Å². The summed E-state index contributed by atoms with van der Waals surface area (Å²) in [7, 11) is 0.